The SMILES string of the molecule is CC#Cc1ccccc1Oc1nnc(Cl)cc1O. The Morgan fingerprint density at radius 2 is 2.06 bits per heavy atom. The molecule has 1 N–H and O–H groups in total. The molecule has 0 amide bonds. The molecule has 1 aromatic carbocycles. The maximum Gasteiger partial charge on any atom is 0.281 e. The van der Waals surface area contributed by atoms with E-state index >= 15 is 0 Å². The van der Waals surface area contributed by atoms with E-state index in [0.29, 0.717) is 11.3 Å². The molecular formula is C13H9ClN2O2. The molecule has 0 unspecified atom stereocenters. The van der Waals surface area contributed by atoms with E-state index in [0.717, 1.165) is 0 Å². The van der Waals surface area contributed by atoms with Crippen molar-refractivity contribution in [2.75, 3.05) is 0 Å². The molecule has 0 bridgehead atoms. The van der Waals surface area contributed by atoms with Gasteiger partial charge in [0.25, 0.3) is 5.88 Å². The summed E-state index contributed by atoms with van der Waals surface area (Å²) in [6.07, 6.45) is 0. The minimum atomic E-state index is -0.172. The Bertz CT molecular complexity index is 632. The lowest BCUT2D eigenvalue weighted by atomic mass is 10.2. The number of hydrogen-bond donors (Lipinski definition) is 1. The fraction of sp³-hybridized carbons (Fsp3) is 0.0769. The van der Waals surface area contributed by atoms with Gasteiger partial charge in [-0.2, -0.15) is 0 Å². The first-order valence-electron chi connectivity index (χ1n) is 5.12. The zero-order valence-electron chi connectivity index (χ0n) is 9.51. The molecule has 0 saturated carbocycles. The van der Waals surface area contributed by atoms with Crippen LogP contribution in [0.4, 0.5) is 0 Å². The predicted molar refractivity (Wildman–Crippen MR) is 67.8 cm³/mol. The first-order valence-corrected chi connectivity index (χ1v) is 5.50. The number of ether oxygens (including phenoxy) is 1. The lowest BCUT2D eigenvalue weighted by Gasteiger charge is -2.07. The van der Waals surface area contributed by atoms with Crippen LogP contribution in [0.15, 0.2) is 30.3 Å². The van der Waals surface area contributed by atoms with Crippen molar-refractivity contribution in [3.05, 3.63) is 41.0 Å². The summed E-state index contributed by atoms with van der Waals surface area (Å²) >= 11 is 5.59. The first-order chi connectivity index (χ1) is 8.70. The highest BCUT2D eigenvalue weighted by Gasteiger charge is 2.09. The van der Waals surface area contributed by atoms with Gasteiger partial charge in [-0.15, -0.1) is 16.1 Å². The van der Waals surface area contributed by atoms with Crippen LogP contribution in [0.1, 0.15) is 12.5 Å². The summed E-state index contributed by atoms with van der Waals surface area (Å²) in [6.45, 7) is 1.73. The van der Waals surface area contributed by atoms with Crippen molar-refractivity contribution in [3.8, 4) is 29.2 Å². The molecule has 0 atom stereocenters. The quantitative estimate of drug-likeness (QED) is 0.844. The van der Waals surface area contributed by atoms with Crippen LogP contribution in [0, 0.1) is 11.8 Å². The number of aromatic hydroxyl groups is 1. The second-order valence-electron chi connectivity index (χ2n) is 3.33. The first kappa shape index (κ1) is 12.2. The van der Waals surface area contributed by atoms with E-state index in [2.05, 4.69) is 22.0 Å². The number of rotatable bonds is 2. The Morgan fingerprint density at radius 3 is 2.78 bits per heavy atom. The van der Waals surface area contributed by atoms with Gasteiger partial charge in [-0.3, -0.25) is 0 Å². The van der Waals surface area contributed by atoms with Gasteiger partial charge in [-0.1, -0.05) is 29.7 Å². The third kappa shape index (κ3) is 2.70. The lowest BCUT2D eigenvalue weighted by molar-refractivity contribution is 0.391. The number of benzene rings is 1. The number of halogens is 1. The van der Waals surface area contributed by atoms with Crippen molar-refractivity contribution >= 4 is 11.6 Å². The standard InChI is InChI=1S/C13H9ClN2O2/c1-2-5-9-6-3-4-7-11(9)18-13-10(17)8-12(14)15-16-13/h3-4,6-8H,1H3,(H,15,17). The van der Waals surface area contributed by atoms with Gasteiger partial charge in [0.1, 0.15) is 5.75 Å². The van der Waals surface area contributed by atoms with Crippen LogP contribution in [0.3, 0.4) is 0 Å². The summed E-state index contributed by atoms with van der Waals surface area (Å²) in [7, 11) is 0. The molecule has 0 fully saturated rings. The Kier molecular flexibility index (Phi) is 3.66. The largest absolute Gasteiger partial charge is 0.503 e. The van der Waals surface area contributed by atoms with Crippen molar-refractivity contribution in [1.82, 2.24) is 10.2 Å². The molecule has 1 heterocycles. The maximum absolute atomic E-state index is 9.63. The zero-order valence-corrected chi connectivity index (χ0v) is 10.3. The molecular weight excluding hydrogens is 252 g/mol. The minimum Gasteiger partial charge on any atom is -0.503 e. The Hall–Kier alpha value is -2.25. The molecule has 0 aliphatic carbocycles. The number of aromatic nitrogens is 2. The van der Waals surface area contributed by atoms with Crippen LogP contribution in [-0.4, -0.2) is 15.3 Å². The molecule has 0 aliphatic heterocycles. The summed E-state index contributed by atoms with van der Waals surface area (Å²) in [5.74, 6) is 6.00. The molecule has 0 radical (unpaired) electrons. The Balaban J connectivity index is 2.36. The second kappa shape index (κ2) is 5.39. The van der Waals surface area contributed by atoms with Crippen LogP contribution >= 0.6 is 11.6 Å². The van der Waals surface area contributed by atoms with E-state index in [-0.39, 0.29) is 16.8 Å². The number of hydrogen-bond acceptors (Lipinski definition) is 4. The molecule has 4 nitrogen and oxygen atoms in total. The summed E-state index contributed by atoms with van der Waals surface area (Å²) in [6, 6.07) is 8.45. The van der Waals surface area contributed by atoms with Crippen molar-refractivity contribution < 1.29 is 9.84 Å². The average molecular weight is 261 g/mol. The van der Waals surface area contributed by atoms with Gasteiger partial charge in [-0.25, -0.2) is 0 Å². The van der Waals surface area contributed by atoms with E-state index in [1.165, 1.54) is 6.07 Å². The topological polar surface area (TPSA) is 55.2 Å². The zero-order chi connectivity index (χ0) is 13.0. The van der Waals surface area contributed by atoms with Crippen molar-refractivity contribution in [3.63, 3.8) is 0 Å². The van der Waals surface area contributed by atoms with Gasteiger partial charge in [-0.05, 0) is 19.1 Å². The lowest BCUT2D eigenvalue weighted by Crippen LogP contribution is -1.93. The van der Waals surface area contributed by atoms with Crippen LogP contribution in [0.5, 0.6) is 17.4 Å². The van der Waals surface area contributed by atoms with E-state index in [4.69, 9.17) is 16.3 Å². The van der Waals surface area contributed by atoms with E-state index in [1.54, 1.807) is 19.1 Å². The molecule has 5 heteroatoms. The molecule has 1 aromatic heterocycles. The van der Waals surface area contributed by atoms with Crippen LogP contribution in [0.25, 0.3) is 0 Å². The molecule has 0 spiro atoms. The van der Waals surface area contributed by atoms with Crippen LogP contribution in [0.2, 0.25) is 5.15 Å². The Labute approximate surface area is 109 Å². The van der Waals surface area contributed by atoms with Gasteiger partial charge in [0.2, 0.25) is 0 Å². The van der Waals surface area contributed by atoms with Gasteiger partial charge in [0.05, 0.1) is 5.56 Å². The monoisotopic (exact) mass is 260 g/mol. The third-order valence-electron chi connectivity index (χ3n) is 2.06. The predicted octanol–water partition coefficient (Wildman–Crippen LogP) is 3.00. The molecule has 0 saturated heterocycles. The van der Waals surface area contributed by atoms with Crippen LogP contribution in [-0.2, 0) is 0 Å². The smallest absolute Gasteiger partial charge is 0.281 e. The fourth-order valence-corrected chi connectivity index (χ4v) is 1.46. The van der Waals surface area contributed by atoms with E-state index < -0.39 is 0 Å². The maximum atomic E-state index is 9.63. The van der Waals surface area contributed by atoms with Crippen molar-refractivity contribution in [2.24, 2.45) is 0 Å². The summed E-state index contributed by atoms with van der Waals surface area (Å²) in [4.78, 5) is 0. The molecule has 90 valence electrons. The van der Waals surface area contributed by atoms with Crippen molar-refractivity contribution in [2.45, 2.75) is 6.92 Å². The van der Waals surface area contributed by atoms with E-state index in [1.807, 2.05) is 12.1 Å². The highest BCUT2D eigenvalue weighted by atomic mass is 35.5. The third-order valence-corrected chi connectivity index (χ3v) is 2.25. The Morgan fingerprint density at radius 1 is 1.28 bits per heavy atom. The highest BCUT2D eigenvalue weighted by molar-refractivity contribution is 6.29. The van der Waals surface area contributed by atoms with Crippen molar-refractivity contribution in [1.29, 1.82) is 0 Å². The normalized spacial score (nSPS) is 9.44. The minimum absolute atomic E-state index is 0.00949. The highest BCUT2D eigenvalue weighted by Crippen LogP contribution is 2.30. The van der Waals surface area contributed by atoms with E-state index in [9.17, 15) is 5.11 Å². The average Bonchev–Trinajstić information content (AvgIpc) is 2.35. The molecule has 18 heavy (non-hydrogen) atoms. The van der Waals surface area contributed by atoms with Gasteiger partial charge in [0.15, 0.2) is 10.9 Å². The fourth-order valence-electron chi connectivity index (χ4n) is 1.32. The summed E-state index contributed by atoms with van der Waals surface area (Å²) < 4.78 is 5.46. The van der Waals surface area contributed by atoms with Gasteiger partial charge >= 0.3 is 0 Å². The van der Waals surface area contributed by atoms with Gasteiger partial charge < -0.3 is 9.84 Å². The second-order valence-corrected chi connectivity index (χ2v) is 3.72. The summed E-state index contributed by atoms with van der Waals surface area (Å²) in [5, 5.41) is 17.0. The molecule has 2 aromatic rings. The van der Waals surface area contributed by atoms with Crippen LogP contribution < -0.4 is 4.74 Å². The molecule has 0 aliphatic rings. The summed E-state index contributed by atoms with van der Waals surface area (Å²) in [5.41, 5.74) is 0.705. The number of para-hydroxylation sites is 1. The molecule has 2 rings (SSSR count). The number of nitrogens with zero attached hydrogens (tertiary/aromatic N) is 2. The van der Waals surface area contributed by atoms with Gasteiger partial charge in [0, 0.05) is 6.07 Å².